The largest absolute Gasteiger partial charge is 0.303 e. The van der Waals surface area contributed by atoms with Crippen LogP contribution in [0.25, 0.3) is 0 Å². The van der Waals surface area contributed by atoms with E-state index in [9.17, 15) is 4.79 Å². The summed E-state index contributed by atoms with van der Waals surface area (Å²) in [6.07, 6.45) is 2.43. The first-order chi connectivity index (χ1) is 6.65. The van der Waals surface area contributed by atoms with Crippen molar-refractivity contribution in [2.75, 3.05) is 0 Å². The minimum absolute atomic E-state index is 0.518. The summed E-state index contributed by atoms with van der Waals surface area (Å²) in [6, 6.07) is 6.30. The molecule has 1 nitrogen and oxygen atoms in total. The summed E-state index contributed by atoms with van der Waals surface area (Å²) < 4.78 is 1.09. The minimum Gasteiger partial charge on any atom is -0.303 e. The van der Waals surface area contributed by atoms with E-state index in [0.717, 1.165) is 17.2 Å². The van der Waals surface area contributed by atoms with Crippen LogP contribution in [0, 0.1) is 0 Å². The Balaban J connectivity index is 2.96. The number of halogens is 1. The summed E-state index contributed by atoms with van der Waals surface area (Å²) >= 11 is 3.45. The molecule has 0 radical (unpaired) electrons. The van der Waals surface area contributed by atoms with Crippen molar-refractivity contribution < 1.29 is 4.79 Å². The first-order valence-electron chi connectivity index (χ1n) is 4.87. The molecule has 14 heavy (non-hydrogen) atoms. The first kappa shape index (κ1) is 11.4. The lowest BCUT2D eigenvalue weighted by Crippen LogP contribution is -1.97. The van der Waals surface area contributed by atoms with Crippen molar-refractivity contribution in [3.63, 3.8) is 0 Å². The van der Waals surface area contributed by atoms with E-state index in [1.54, 1.807) is 0 Å². The van der Waals surface area contributed by atoms with Crippen LogP contribution >= 0.6 is 15.9 Å². The van der Waals surface area contributed by atoms with E-state index < -0.39 is 0 Å². The Hall–Kier alpha value is -0.630. The van der Waals surface area contributed by atoms with E-state index in [2.05, 4.69) is 48.0 Å². The molecule has 0 unspecified atom stereocenters. The highest BCUT2D eigenvalue weighted by molar-refractivity contribution is 9.10. The van der Waals surface area contributed by atoms with Crippen LogP contribution in [0.3, 0.4) is 0 Å². The van der Waals surface area contributed by atoms with Crippen molar-refractivity contribution >= 4 is 22.2 Å². The maximum atomic E-state index is 10.3. The number of hydrogen-bond donors (Lipinski definition) is 0. The molecule has 1 aromatic rings. The van der Waals surface area contributed by atoms with E-state index in [4.69, 9.17) is 0 Å². The molecule has 1 aromatic carbocycles. The third-order valence-electron chi connectivity index (χ3n) is 2.26. The Labute approximate surface area is 93.7 Å². The monoisotopic (exact) mass is 254 g/mol. The minimum atomic E-state index is 0.518. The molecule has 0 aliphatic heterocycles. The second-order valence-corrected chi connectivity index (χ2v) is 4.62. The van der Waals surface area contributed by atoms with Crippen LogP contribution in [0.1, 0.15) is 37.3 Å². The van der Waals surface area contributed by atoms with Gasteiger partial charge in [-0.15, -0.1) is 0 Å². The van der Waals surface area contributed by atoms with Gasteiger partial charge in [-0.25, -0.2) is 0 Å². The van der Waals surface area contributed by atoms with Crippen LogP contribution in [0.2, 0.25) is 0 Å². The predicted octanol–water partition coefficient (Wildman–Crippen LogP) is 3.70. The molecule has 0 saturated carbocycles. The fourth-order valence-electron chi connectivity index (χ4n) is 1.57. The van der Waals surface area contributed by atoms with Crippen LogP contribution in [0.5, 0.6) is 0 Å². The molecule has 0 heterocycles. The zero-order chi connectivity index (χ0) is 10.6. The SMILES string of the molecule is CC(C)c1ccc(Br)cc1CCC=O. The second kappa shape index (κ2) is 5.30. The van der Waals surface area contributed by atoms with Crippen molar-refractivity contribution in [3.05, 3.63) is 33.8 Å². The predicted molar refractivity (Wildman–Crippen MR) is 62.6 cm³/mol. The summed E-state index contributed by atoms with van der Waals surface area (Å²) in [6.45, 7) is 4.35. The molecule has 0 bridgehead atoms. The quantitative estimate of drug-likeness (QED) is 0.749. The Morgan fingerprint density at radius 3 is 2.71 bits per heavy atom. The molecule has 0 aromatic heterocycles. The molecule has 0 N–H and O–H groups in total. The maximum absolute atomic E-state index is 10.3. The van der Waals surface area contributed by atoms with Crippen molar-refractivity contribution in [3.8, 4) is 0 Å². The fourth-order valence-corrected chi connectivity index (χ4v) is 1.98. The topological polar surface area (TPSA) is 17.1 Å². The average Bonchev–Trinajstić information content (AvgIpc) is 2.14. The average molecular weight is 255 g/mol. The zero-order valence-electron chi connectivity index (χ0n) is 8.59. The third kappa shape index (κ3) is 2.95. The number of benzene rings is 1. The van der Waals surface area contributed by atoms with Crippen molar-refractivity contribution in [2.45, 2.75) is 32.6 Å². The van der Waals surface area contributed by atoms with Crippen molar-refractivity contribution in [1.82, 2.24) is 0 Å². The molecule has 1 rings (SSSR count). The summed E-state index contributed by atoms with van der Waals surface area (Å²) in [7, 11) is 0. The molecule has 0 spiro atoms. The molecule has 0 saturated heterocycles. The van der Waals surface area contributed by atoms with Crippen LogP contribution in [-0.4, -0.2) is 6.29 Å². The molecule has 2 heteroatoms. The standard InChI is InChI=1S/C12H15BrO/c1-9(2)12-6-5-11(13)8-10(12)4-3-7-14/h5-9H,3-4H2,1-2H3. The highest BCUT2D eigenvalue weighted by Gasteiger charge is 2.06. The van der Waals surface area contributed by atoms with Crippen LogP contribution in [-0.2, 0) is 11.2 Å². The Kier molecular flexibility index (Phi) is 4.33. The van der Waals surface area contributed by atoms with Gasteiger partial charge in [0.15, 0.2) is 0 Å². The lowest BCUT2D eigenvalue weighted by molar-refractivity contribution is -0.107. The van der Waals surface area contributed by atoms with E-state index >= 15 is 0 Å². The first-order valence-corrected chi connectivity index (χ1v) is 5.66. The Morgan fingerprint density at radius 2 is 2.14 bits per heavy atom. The molecule has 0 fully saturated rings. The van der Waals surface area contributed by atoms with E-state index in [1.165, 1.54) is 11.1 Å². The van der Waals surface area contributed by atoms with E-state index in [-0.39, 0.29) is 0 Å². The van der Waals surface area contributed by atoms with Gasteiger partial charge in [0.05, 0.1) is 0 Å². The number of carbonyl (C=O) groups is 1. The molecular weight excluding hydrogens is 240 g/mol. The lowest BCUT2D eigenvalue weighted by atomic mass is 9.95. The molecule has 0 aliphatic rings. The van der Waals surface area contributed by atoms with Gasteiger partial charge >= 0.3 is 0 Å². The molecule has 0 amide bonds. The van der Waals surface area contributed by atoms with Crippen molar-refractivity contribution in [2.24, 2.45) is 0 Å². The smallest absolute Gasteiger partial charge is 0.120 e. The van der Waals surface area contributed by atoms with Crippen molar-refractivity contribution in [1.29, 1.82) is 0 Å². The van der Waals surface area contributed by atoms with Gasteiger partial charge in [0, 0.05) is 10.9 Å². The Bertz CT molecular complexity index is 318. The van der Waals surface area contributed by atoms with Crippen LogP contribution in [0.4, 0.5) is 0 Å². The van der Waals surface area contributed by atoms with Gasteiger partial charge in [0.2, 0.25) is 0 Å². The van der Waals surface area contributed by atoms with Gasteiger partial charge in [-0.1, -0.05) is 35.8 Å². The number of aryl methyl sites for hydroxylation is 1. The lowest BCUT2D eigenvalue weighted by Gasteiger charge is -2.12. The number of carbonyl (C=O) groups excluding carboxylic acids is 1. The van der Waals surface area contributed by atoms with Gasteiger partial charge in [0.25, 0.3) is 0 Å². The Morgan fingerprint density at radius 1 is 1.43 bits per heavy atom. The number of aldehydes is 1. The summed E-state index contributed by atoms with van der Waals surface area (Å²) in [5, 5.41) is 0. The molecular formula is C12H15BrO. The molecule has 0 atom stereocenters. The second-order valence-electron chi connectivity index (χ2n) is 3.70. The summed E-state index contributed by atoms with van der Waals surface area (Å²) in [5.74, 6) is 0.518. The van der Waals surface area contributed by atoms with Crippen LogP contribution in [0.15, 0.2) is 22.7 Å². The van der Waals surface area contributed by atoms with Gasteiger partial charge in [-0.2, -0.15) is 0 Å². The maximum Gasteiger partial charge on any atom is 0.120 e. The highest BCUT2D eigenvalue weighted by atomic mass is 79.9. The van der Waals surface area contributed by atoms with E-state index in [0.29, 0.717) is 12.3 Å². The molecule has 0 aliphatic carbocycles. The summed E-state index contributed by atoms with van der Waals surface area (Å²) in [5.41, 5.74) is 2.62. The fraction of sp³-hybridized carbons (Fsp3) is 0.417. The molecule has 76 valence electrons. The summed E-state index contributed by atoms with van der Waals surface area (Å²) in [4.78, 5) is 10.3. The third-order valence-corrected chi connectivity index (χ3v) is 2.75. The van der Waals surface area contributed by atoms with Gasteiger partial charge in [-0.3, -0.25) is 0 Å². The van der Waals surface area contributed by atoms with Gasteiger partial charge < -0.3 is 4.79 Å². The van der Waals surface area contributed by atoms with Gasteiger partial charge in [0.1, 0.15) is 6.29 Å². The highest BCUT2D eigenvalue weighted by Crippen LogP contribution is 2.24. The zero-order valence-corrected chi connectivity index (χ0v) is 10.2. The number of hydrogen-bond acceptors (Lipinski definition) is 1. The van der Waals surface area contributed by atoms with Gasteiger partial charge in [-0.05, 0) is 35.6 Å². The van der Waals surface area contributed by atoms with Crippen LogP contribution < -0.4 is 0 Å². The van der Waals surface area contributed by atoms with E-state index in [1.807, 2.05) is 0 Å². The normalized spacial score (nSPS) is 10.6. The number of rotatable bonds is 4.